The number of ether oxygens (including phenoxy) is 3. The summed E-state index contributed by atoms with van der Waals surface area (Å²) < 4.78 is 15.8. The van der Waals surface area contributed by atoms with Crippen LogP contribution in [0.2, 0.25) is 0 Å². The SMILES string of the molecule is COC(=O)c1c(-c2ccc(C)cc2)csc1NC(=O)CSc1cccc(NC(=O)/C(=C\c2ccc(OC)c(OC)c2)NC(=O)c2ccccc2)c1. The van der Waals surface area contributed by atoms with E-state index in [1.807, 2.05) is 42.6 Å². The van der Waals surface area contributed by atoms with Gasteiger partial charge in [-0.2, -0.15) is 0 Å². The molecule has 0 unspecified atom stereocenters. The number of carbonyl (C=O) groups excluding carboxylic acids is 4. The number of anilines is 2. The molecule has 0 spiro atoms. The number of thioether (sulfide) groups is 1. The molecule has 51 heavy (non-hydrogen) atoms. The first-order valence-corrected chi connectivity index (χ1v) is 17.5. The number of benzene rings is 4. The van der Waals surface area contributed by atoms with Crippen LogP contribution in [0.15, 0.2) is 113 Å². The Morgan fingerprint density at radius 1 is 0.804 bits per heavy atom. The minimum Gasteiger partial charge on any atom is -0.493 e. The van der Waals surface area contributed by atoms with Crippen LogP contribution < -0.4 is 25.4 Å². The summed E-state index contributed by atoms with van der Waals surface area (Å²) in [7, 11) is 4.34. The van der Waals surface area contributed by atoms with E-state index in [0.29, 0.717) is 49.3 Å². The van der Waals surface area contributed by atoms with E-state index in [1.54, 1.807) is 72.8 Å². The summed E-state index contributed by atoms with van der Waals surface area (Å²) in [6.07, 6.45) is 1.54. The molecule has 10 nitrogen and oxygen atoms in total. The van der Waals surface area contributed by atoms with Crippen molar-refractivity contribution in [3.8, 4) is 22.6 Å². The summed E-state index contributed by atoms with van der Waals surface area (Å²) in [5, 5.41) is 10.6. The molecule has 1 heterocycles. The Morgan fingerprint density at radius 2 is 1.55 bits per heavy atom. The quantitative estimate of drug-likeness (QED) is 0.0642. The fraction of sp³-hybridized carbons (Fsp3) is 0.128. The van der Waals surface area contributed by atoms with E-state index in [-0.39, 0.29) is 17.4 Å². The average molecular weight is 722 g/mol. The second-order valence-corrected chi connectivity index (χ2v) is 13.0. The lowest BCUT2D eigenvalue weighted by atomic mass is 10.0. The van der Waals surface area contributed by atoms with Crippen molar-refractivity contribution >= 4 is 63.6 Å². The lowest BCUT2D eigenvalue weighted by molar-refractivity contribution is -0.114. The predicted molar refractivity (Wildman–Crippen MR) is 202 cm³/mol. The van der Waals surface area contributed by atoms with Gasteiger partial charge in [0.25, 0.3) is 11.8 Å². The maximum Gasteiger partial charge on any atom is 0.341 e. The van der Waals surface area contributed by atoms with Crippen LogP contribution in [-0.4, -0.2) is 50.8 Å². The van der Waals surface area contributed by atoms with E-state index in [0.717, 1.165) is 11.1 Å². The summed E-state index contributed by atoms with van der Waals surface area (Å²) in [5.74, 6) is -0.873. The van der Waals surface area contributed by atoms with E-state index in [2.05, 4.69) is 16.0 Å². The normalized spacial score (nSPS) is 10.9. The van der Waals surface area contributed by atoms with Gasteiger partial charge in [0, 0.05) is 27.1 Å². The highest BCUT2D eigenvalue weighted by Gasteiger charge is 2.23. The first-order valence-electron chi connectivity index (χ1n) is 15.6. The smallest absolute Gasteiger partial charge is 0.341 e. The number of methoxy groups -OCH3 is 3. The van der Waals surface area contributed by atoms with Crippen LogP contribution in [-0.2, 0) is 14.3 Å². The number of aryl methyl sites for hydroxylation is 1. The Hall–Kier alpha value is -5.85. The zero-order chi connectivity index (χ0) is 36.3. The van der Waals surface area contributed by atoms with Crippen molar-refractivity contribution < 1.29 is 33.4 Å². The molecule has 1 aromatic heterocycles. The van der Waals surface area contributed by atoms with Gasteiger partial charge < -0.3 is 30.2 Å². The molecule has 3 amide bonds. The molecule has 0 aliphatic heterocycles. The molecule has 0 bridgehead atoms. The van der Waals surface area contributed by atoms with Crippen molar-refractivity contribution in [2.24, 2.45) is 0 Å². The minimum atomic E-state index is -0.564. The molecule has 4 aromatic carbocycles. The Balaban J connectivity index is 1.29. The van der Waals surface area contributed by atoms with Gasteiger partial charge in [-0.1, -0.05) is 60.2 Å². The van der Waals surface area contributed by atoms with Gasteiger partial charge in [0.15, 0.2) is 11.5 Å². The zero-order valence-electron chi connectivity index (χ0n) is 28.3. The summed E-state index contributed by atoms with van der Waals surface area (Å²) >= 11 is 2.51. The number of hydrogen-bond donors (Lipinski definition) is 3. The van der Waals surface area contributed by atoms with Crippen molar-refractivity contribution in [3.63, 3.8) is 0 Å². The van der Waals surface area contributed by atoms with Crippen LogP contribution in [0.1, 0.15) is 31.8 Å². The second kappa shape index (κ2) is 17.2. The van der Waals surface area contributed by atoms with Crippen LogP contribution in [0.5, 0.6) is 11.5 Å². The topological polar surface area (TPSA) is 132 Å². The van der Waals surface area contributed by atoms with Gasteiger partial charge in [0.1, 0.15) is 16.3 Å². The highest BCUT2D eigenvalue weighted by molar-refractivity contribution is 8.00. The molecular weight excluding hydrogens is 687 g/mol. The summed E-state index contributed by atoms with van der Waals surface area (Å²) in [6, 6.07) is 28.4. The molecule has 0 saturated heterocycles. The molecule has 0 aliphatic carbocycles. The van der Waals surface area contributed by atoms with Crippen LogP contribution in [0, 0.1) is 6.92 Å². The van der Waals surface area contributed by atoms with E-state index >= 15 is 0 Å². The molecule has 5 aromatic rings. The van der Waals surface area contributed by atoms with E-state index in [1.165, 1.54) is 44.4 Å². The first kappa shape index (κ1) is 36.4. The molecule has 0 aliphatic rings. The number of esters is 1. The highest BCUT2D eigenvalue weighted by Crippen LogP contribution is 2.36. The lowest BCUT2D eigenvalue weighted by Gasteiger charge is -2.13. The number of rotatable bonds is 13. The molecule has 0 fully saturated rings. The molecular formula is C39H35N3O7S2. The summed E-state index contributed by atoms with van der Waals surface area (Å²) in [6.45, 7) is 1.98. The minimum absolute atomic E-state index is 0.00382. The van der Waals surface area contributed by atoms with Gasteiger partial charge in [-0.15, -0.1) is 23.1 Å². The van der Waals surface area contributed by atoms with Crippen LogP contribution in [0.25, 0.3) is 17.2 Å². The van der Waals surface area contributed by atoms with Crippen molar-refractivity contribution in [1.29, 1.82) is 0 Å². The fourth-order valence-corrected chi connectivity index (χ4v) is 6.65. The molecule has 0 radical (unpaired) electrons. The van der Waals surface area contributed by atoms with Crippen LogP contribution in [0.4, 0.5) is 10.7 Å². The predicted octanol–water partition coefficient (Wildman–Crippen LogP) is 7.67. The molecule has 0 atom stereocenters. The summed E-state index contributed by atoms with van der Waals surface area (Å²) in [5.41, 5.74) is 4.32. The van der Waals surface area contributed by atoms with Gasteiger partial charge in [-0.3, -0.25) is 14.4 Å². The van der Waals surface area contributed by atoms with Gasteiger partial charge in [0.2, 0.25) is 5.91 Å². The molecule has 5 rings (SSSR count). The third kappa shape index (κ3) is 9.44. The third-order valence-electron chi connectivity index (χ3n) is 7.51. The molecule has 3 N–H and O–H groups in total. The highest BCUT2D eigenvalue weighted by atomic mass is 32.2. The van der Waals surface area contributed by atoms with Gasteiger partial charge >= 0.3 is 5.97 Å². The first-order chi connectivity index (χ1) is 24.7. The lowest BCUT2D eigenvalue weighted by Crippen LogP contribution is -2.30. The van der Waals surface area contributed by atoms with Crippen molar-refractivity contribution in [2.45, 2.75) is 11.8 Å². The largest absolute Gasteiger partial charge is 0.493 e. The van der Waals surface area contributed by atoms with Crippen molar-refractivity contribution in [3.05, 3.63) is 130 Å². The number of hydrogen-bond acceptors (Lipinski definition) is 9. The van der Waals surface area contributed by atoms with Crippen LogP contribution >= 0.6 is 23.1 Å². The Labute approximate surface area is 303 Å². The van der Waals surface area contributed by atoms with Crippen LogP contribution in [0.3, 0.4) is 0 Å². The van der Waals surface area contributed by atoms with Crippen molar-refractivity contribution in [1.82, 2.24) is 5.32 Å². The number of thiophene rings is 1. The van der Waals surface area contributed by atoms with E-state index in [4.69, 9.17) is 14.2 Å². The molecule has 0 saturated carbocycles. The number of amides is 3. The zero-order valence-corrected chi connectivity index (χ0v) is 29.9. The maximum absolute atomic E-state index is 13.6. The number of carbonyl (C=O) groups is 4. The monoisotopic (exact) mass is 721 g/mol. The Morgan fingerprint density at radius 3 is 2.25 bits per heavy atom. The molecule has 12 heteroatoms. The standard InChI is InChI=1S/C39H35N3O7S2/c1-24-13-16-26(17-14-24)30-22-51-38(35(30)39(46)49-4)42-34(43)23-50-29-12-8-11-28(21-29)40-37(45)31(41-36(44)27-9-6-5-7-10-27)19-25-15-18-32(47-2)33(20-25)48-3/h5-22H,23H2,1-4H3,(H,40,45)(H,41,44)(H,42,43)/b31-19+. The van der Waals surface area contributed by atoms with Crippen molar-refractivity contribution in [2.75, 3.05) is 37.7 Å². The summed E-state index contributed by atoms with van der Waals surface area (Å²) in [4.78, 5) is 53.2. The average Bonchev–Trinajstić information content (AvgIpc) is 3.57. The van der Waals surface area contributed by atoms with Gasteiger partial charge in [-0.05, 0) is 66.6 Å². The Kier molecular flexibility index (Phi) is 12.3. The Bertz CT molecular complexity index is 2080. The molecule has 260 valence electrons. The van der Waals surface area contributed by atoms with Gasteiger partial charge in [0.05, 0.1) is 27.1 Å². The van der Waals surface area contributed by atoms with Gasteiger partial charge in [-0.25, -0.2) is 4.79 Å². The second-order valence-electron chi connectivity index (χ2n) is 11.0. The van der Waals surface area contributed by atoms with E-state index in [9.17, 15) is 19.2 Å². The third-order valence-corrected chi connectivity index (χ3v) is 9.39. The number of nitrogens with one attached hydrogen (secondary N) is 3. The fourth-order valence-electron chi connectivity index (χ4n) is 4.93. The maximum atomic E-state index is 13.6. The van der Waals surface area contributed by atoms with E-state index < -0.39 is 17.8 Å².